The van der Waals surface area contributed by atoms with E-state index in [9.17, 15) is 4.79 Å². The summed E-state index contributed by atoms with van der Waals surface area (Å²) >= 11 is 6.13. The molecule has 0 radical (unpaired) electrons. The van der Waals surface area contributed by atoms with Crippen LogP contribution >= 0.6 is 11.6 Å². The third-order valence-electron chi connectivity index (χ3n) is 3.57. The fraction of sp³-hybridized carbons (Fsp3) is 0.235. The molecule has 2 aromatic rings. The number of carbonyl (C=O) groups excluding carboxylic acids is 1. The van der Waals surface area contributed by atoms with Gasteiger partial charge in [-0.15, -0.1) is 0 Å². The van der Waals surface area contributed by atoms with Crippen LogP contribution < -0.4 is 5.32 Å². The zero-order chi connectivity index (χ0) is 14.8. The SMILES string of the molecule is C=Cc1ccc(-c2ccc(Cl)c(C(=O)NCC3CC3)c2)o1. The third-order valence-corrected chi connectivity index (χ3v) is 3.90. The van der Waals surface area contributed by atoms with Gasteiger partial charge in [-0.25, -0.2) is 0 Å². The molecule has 4 heteroatoms. The molecule has 1 aliphatic carbocycles. The molecule has 1 saturated carbocycles. The van der Waals surface area contributed by atoms with Crippen molar-refractivity contribution in [2.24, 2.45) is 5.92 Å². The van der Waals surface area contributed by atoms with E-state index in [-0.39, 0.29) is 5.91 Å². The maximum atomic E-state index is 12.2. The van der Waals surface area contributed by atoms with Gasteiger partial charge < -0.3 is 9.73 Å². The van der Waals surface area contributed by atoms with Crippen LogP contribution in [0.2, 0.25) is 5.02 Å². The summed E-state index contributed by atoms with van der Waals surface area (Å²) in [7, 11) is 0. The molecule has 1 N–H and O–H groups in total. The maximum absolute atomic E-state index is 12.2. The maximum Gasteiger partial charge on any atom is 0.252 e. The molecule has 0 aliphatic heterocycles. The molecule has 3 nitrogen and oxygen atoms in total. The zero-order valence-corrected chi connectivity index (χ0v) is 12.3. The quantitative estimate of drug-likeness (QED) is 0.890. The lowest BCUT2D eigenvalue weighted by Gasteiger charge is -2.07. The number of halogens is 1. The monoisotopic (exact) mass is 301 g/mol. The normalized spacial score (nSPS) is 14.0. The Morgan fingerprint density at radius 2 is 2.19 bits per heavy atom. The Bertz CT molecular complexity index is 686. The summed E-state index contributed by atoms with van der Waals surface area (Å²) in [6.45, 7) is 4.39. The van der Waals surface area contributed by atoms with Crippen molar-refractivity contribution >= 4 is 23.6 Å². The van der Waals surface area contributed by atoms with Crippen LogP contribution in [-0.2, 0) is 0 Å². The highest BCUT2D eigenvalue weighted by molar-refractivity contribution is 6.34. The molecule has 21 heavy (non-hydrogen) atoms. The molecule has 0 saturated heterocycles. The summed E-state index contributed by atoms with van der Waals surface area (Å²) in [4.78, 5) is 12.2. The minimum atomic E-state index is -0.135. The van der Waals surface area contributed by atoms with Crippen molar-refractivity contribution in [2.75, 3.05) is 6.54 Å². The average Bonchev–Trinajstić information content (AvgIpc) is 3.20. The van der Waals surface area contributed by atoms with Crippen LogP contribution in [0.4, 0.5) is 0 Å². The first-order valence-electron chi connectivity index (χ1n) is 6.98. The van der Waals surface area contributed by atoms with E-state index in [4.69, 9.17) is 16.0 Å². The van der Waals surface area contributed by atoms with Crippen LogP contribution in [0.15, 0.2) is 41.3 Å². The smallest absolute Gasteiger partial charge is 0.252 e. The Kier molecular flexibility index (Phi) is 3.84. The fourth-order valence-corrected chi connectivity index (χ4v) is 2.33. The number of hydrogen-bond donors (Lipinski definition) is 1. The number of carbonyl (C=O) groups is 1. The minimum absolute atomic E-state index is 0.135. The van der Waals surface area contributed by atoms with Crippen LogP contribution in [-0.4, -0.2) is 12.5 Å². The van der Waals surface area contributed by atoms with Crippen LogP contribution in [0.5, 0.6) is 0 Å². The Labute approximate surface area is 128 Å². The van der Waals surface area contributed by atoms with Gasteiger partial charge in [-0.2, -0.15) is 0 Å². The van der Waals surface area contributed by atoms with Crippen molar-refractivity contribution in [3.63, 3.8) is 0 Å². The van der Waals surface area contributed by atoms with E-state index in [2.05, 4.69) is 11.9 Å². The van der Waals surface area contributed by atoms with Gasteiger partial charge in [0.15, 0.2) is 0 Å². The van der Waals surface area contributed by atoms with E-state index < -0.39 is 0 Å². The number of hydrogen-bond acceptors (Lipinski definition) is 2. The molecule has 1 aromatic heterocycles. The first kappa shape index (κ1) is 14.0. The van der Waals surface area contributed by atoms with Gasteiger partial charge in [-0.3, -0.25) is 4.79 Å². The molecule has 1 amide bonds. The van der Waals surface area contributed by atoms with E-state index in [0.29, 0.717) is 28.0 Å². The van der Waals surface area contributed by atoms with Gasteiger partial charge >= 0.3 is 0 Å². The summed E-state index contributed by atoms with van der Waals surface area (Å²) in [5.74, 6) is 1.89. The van der Waals surface area contributed by atoms with Crippen LogP contribution in [0.3, 0.4) is 0 Å². The highest BCUT2D eigenvalue weighted by Gasteiger charge is 2.22. The Hall–Kier alpha value is -2.00. The fourth-order valence-electron chi connectivity index (χ4n) is 2.12. The molecule has 1 aliphatic rings. The predicted octanol–water partition coefficient (Wildman–Crippen LogP) is 4.38. The van der Waals surface area contributed by atoms with E-state index in [1.54, 1.807) is 18.2 Å². The van der Waals surface area contributed by atoms with Gasteiger partial charge in [0.2, 0.25) is 0 Å². The predicted molar refractivity (Wildman–Crippen MR) is 84.3 cm³/mol. The molecule has 1 heterocycles. The zero-order valence-electron chi connectivity index (χ0n) is 11.6. The highest BCUT2D eigenvalue weighted by atomic mass is 35.5. The van der Waals surface area contributed by atoms with Gasteiger partial charge in [0.25, 0.3) is 5.91 Å². The molecule has 3 rings (SSSR count). The van der Waals surface area contributed by atoms with E-state index in [0.717, 1.165) is 12.1 Å². The Morgan fingerprint density at radius 3 is 2.86 bits per heavy atom. The standard InChI is InChI=1S/C17H16ClNO2/c1-2-13-6-8-16(21-13)12-5-7-15(18)14(9-12)17(20)19-10-11-3-4-11/h2,5-9,11H,1,3-4,10H2,(H,19,20). The van der Waals surface area contributed by atoms with E-state index in [1.807, 2.05) is 18.2 Å². The molecule has 0 spiro atoms. The van der Waals surface area contributed by atoms with Gasteiger partial charge in [0, 0.05) is 12.1 Å². The van der Waals surface area contributed by atoms with Crippen molar-refractivity contribution in [2.45, 2.75) is 12.8 Å². The summed E-state index contributed by atoms with van der Waals surface area (Å²) in [5, 5.41) is 3.37. The molecular formula is C17H16ClNO2. The lowest BCUT2D eigenvalue weighted by atomic mass is 10.1. The topological polar surface area (TPSA) is 42.2 Å². The molecule has 0 unspecified atom stereocenters. The lowest BCUT2D eigenvalue weighted by molar-refractivity contribution is 0.0952. The van der Waals surface area contributed by atoms with Crippen LogP contribution in [0.25, 0.3) is 17.4 Å². The minimum Gasteiger partial charge on any atom is -0.457 e. The second-order valence-corrected chi connectivity index (χ2v) is 5.66. The molecular weight excluding hydrogens is 286 g/mol. The van der Waals surface area contributed by atoms with E-state index in [1.165, 1.54) is 12.8 Å². The number of nitrogens with one attached hydrogen (secondary N) is 1. The Balaban J connectivity index is 1.84. The van der Waals surface area contributed by atoms with Crippen molar-refractivity contribution in [1.29, 1.82) is 0 Å². The highest BCUT2D eigenvalue weighted by Crippen LogP contribution is 2.29. The second kappa shape index (κ2) is 5.78. The van der Waals surface area contributed by atoms with Gasteiger partial charge in [-0.1, -0.05) is 18.2 Å². The first-order valence-corrected chi connectivity index (χ1v) is 7.35. The molecule has 1 fully saturated rings. The van der Waals surface area contributed by atoms with Gasteiger partial charge in [0.1, 0.15) is 11.5 Å². The van der Waals surface area contributed by atoms with Gasteiger partial charge in [-0.05, 0) is 55.2 Å². The summed E-state index contributed by atoms with van der Waals surface area (Å²) in [6.07, 6.45) is 4.04. The van der Waals surface area contributed by atoms with Crippen molar-refractivity contribution in [3.8, 4) is 11.3 Å². The number of amides is 1. The molecule has 108 valence electrons. The van der Waals surface area contributed by atoms with Crippen molar-refractivity contribution < 1.29 is 9.21 Å². The van der Waals surface area contributed by atoms with Gasteiger partial charge in [0.05, 0.1) is 10.6 Å². The molecule has 0 bridgehead atoms. The number of benzene rings is 1. The molecule has 0 atom stereocenters. The summed E-state index contributed by atoms with van der Waals surface area (Å²) < 4.78 is 5.61. The number of furan rings is 1. The average molecular weight is 302 g/mol. The lowest BCUT2D eigenvalue weighted by Crippen LogP contribution is -2.25. The van der Waals surface area contributed by atoms with E-state index >= 15 is 0 Å². The summed E-state index contributed by atoms with van der Waals surface area (Å²) in [5.41, 5.74) is 1.30. The first-order chi connectivity index (χ1) is 10.2. The largest absolute Gasteiger partial charge is 0.457 e. The number of rotatable bonds is 5. The summed E-state index contributed by atoms with van der Waals surface area (Å²) in [6, 6.07) is 9.01. The Morgan fingerprint density at radius 1 is 1.38 bits per heavy atom. The van der Waals surface area contributed by atoms with Crippen molar-refractivity contribution in [1.82, 2.24) is 5.32 Å². The van der Waals surface area contributed by atoms with Crippen LogP contribution in [0, 0.1) is 5.92 Å². The second-order valence-electron chi connectivity index (χ2n) is 5.25. The third kappa shape index (κ3) is 3.19. The molecule has 1 aromatic carbocycles. The van der Waals surface area contributed by atoms with Crippen LogP contribution in [0.1, 0.15) is 29.0 Å². The van der Waals surface area contributed by atoms with Crippen molar-refractivity contribution in [3.05, 3.63) is 53.3 Å².